The molecule has 5 fully saturated rings. The van der Waals surface area contributed by atoms with Gasteiger partial charge in [0.1, 0.15) is 0 Å². The van der Waals surface area contributed by atoms with Crippen LogP contribution in [-0.2, 0) is 28.6 Å². The number of nitrogens with two attached hydrogens (primary N) is 2. The Morgan fingerprint density at radius 3 is 2.41 bits per heavy atom. The Hall–Kier alpha value is -0.980. The fraction of sp³-hybridized carbons (Fsp3) is 0.864. The SMILES string of the molecule is CCC1CC2CC(C1)CC(OC(=O)C1C3CC4C(OC(=O)C41)C3OC(=O)C(N)(N)[I-][OH2+])C2. The van der Waals surface area contributed by atoms with Crippen molar-refractivity contribution in [3.8, 4) is 0 Å². The van der Waals surface area contributed by atoms with Crippen molar-refractivity contribution in [3.05, 3.63) is 0 Å². The van der Waals surface area contributed by atoms with Gasteiger partial charge in [0.15, 0.2) is 0 Å². The molecule has 32 heavy (non-hydrogen) atoms. The van der Waals surface area contributed by atoms with Crippen LogP contribution in [0.5, 0.6) is 0 Å². The van der Waals surface area contributed by atoms with E-state index in [4.69, 9.17) is 29.1 Å². The number of alkyl halides is 1. The van der Waals surface area contributed by atoms with E-state index >= 15 is 0 Å². The summed E-state index contributed by atoms with van der Waals surface area (Å²) in [6.45, 7) is 2.25. The van der Waals surface area contributed by atoms with Crippen molar-refractivity contribution in [1.82, 2.24) is 0 Å². The maximum atomic E-state index is 13.3. The first-order valence-corrected chi connectivity index (χ1v) is 13.9. The van der Waals surface area contributed by atoms with Crippen LogP contribution < -0.4 is 33.1 Å². The van der Waals surface area contributed by atoms with Crippen molar-refractivity contribution >= 4 is 17.9 Å². The molecule has 8 atom stereocenters. The maximum absolute atomic E-state index is 13.3. The standard InChI is InChI=1S/C22H33IN2O7/c1-2-9-3-10-5-11(4-9)7-12(6-10)30-19(26)15-14-8-13-16(15)20(27)31-17(13)18(14)32-21(28)22(24,25)23-29/h9-18H,2-8,24-25,29H2,1H3. The Morgan fingerprint density at radius 1 is 1.09 bits per heavy atom. The Bertz CT molecular complexity index is 793. The van der Waals surface area contributed by atoms with Gasteiger partial charge < -0.3 is 0 Å². The summed E-state index contributed by atoms with van der Waals surface area (Å²) in [4.78, 5) is 38.3. The van der Waals surface area contributed by atoms with E-state index in [1.807, 2.05) is 0 Å². The molecular formula is C22H33IN2O7. The van der Waals surface area contributed by atoms with Crippen molar-refractivity contribution in [2.45, 2.75) is 73.9 Å². The van der Waals surface area contributed by atoms with E-state index in [2.05, 4.69) is 6.92 Å². The zero-order valence-corrected chi connectivity index (χ0v) is 20.4. The molecule has 6 N–H and O–H groups in total. The first-order valence-electron chi connectivity index (χ1n) is 11.7. The molecule has 9 nitrogen and oxygen atoms in total. The fourth-order valence-corrected chi connectivity index (χ4v) is 7.67. The molecule has 0 aromatic rings. The molecule has 0 aromatic heterocycles. The number of fused-ring (bicyclic) bond motifs is 3. The van der Waals surface area contributed by atoms with Crippen LogP contribution in [0.25, 0.3) is 0 Å². The monoisotopic (exact) mass is 564 g/mol. The van der Waals surface area contributed by atoms with Gasteiger partial charge in [0.2, 0.25) is 0 Å². The van der Waals surface area contributed by atoms with E-state index in [1.165, 1.54) is 25.7 Å². The van der Waals surface area contributed by atoms with Crippen LogP contribution >= 0.6 is 0 Å². The molecule has 180 valence electrons. The van der Waals surface area contributed by atoms with E-state index in [-0.39, 0.29) is 23.9 Å². The van der Waals surface area contributed by atoms with Crippen LogP contribution in [0.1, 0.15) is 51.9 Å². The third-order valence-electron chi connectivity index (χ3n) is 8.58. The Kier molecular flexibility index (Phi) is 5.95. The van der Waals surface area contributed by atoms with Gasteiger partial charge in [-0.05, 0) is 5.92 Å². The number of carbonyl (C=O) groups is 3. The summed E-state index contributed by atoms with van der Waals surface area (Å²) in [5.41, 5.74) is 11.4. The predicted octanol–water partition coefficient (Wildman–Crippen LogP) is -2.85. The molecule has 0 spiro atoms. The average molecular weight is 564 g/mol. The molecule has 4 aliphatic carbocycles. The summed E-state index contributed by atoms with van der Waals surface area (Å²) < 4.78 is 22.7. The van der Waals surface area contributed by atoms with Crippen LogP contribution in [0.3, 0.4) is 0 Å². The molecule has 0 amide bonds. The van der Waals surface area contributed by atoms with E-state index < -0.39 is 61.3 Å². The number of carbonyl (C=O) groups excluding carboxylic acids is 3. The molecule has 5 rings (SSSR count). The quantitative estimate of drug-likeness (QED) is 0.0665. The van der Waals surface area contributed by atoms with Crippen LogP contribution in [0.4, 0.5) is 0 Å². The third-order valence-corrected chi connectivity index (χ3v) is 9.92. The van der Waals surface area contributed by atoms with Crippen molar-refractivity contribution in [2.75, 3.05) is 0 Å². The number of halogens is 1. The second kappa shape index (κ2) is 8.35. The number of hydrogen-bond acceptors (Lipinski definition) is 8. The zero-order valence-electron chi connectivity index (χ0n) is 18.2. The second-order valence-electron chi connectivity index (χ2n) is 10.5. The van der Waals surface area contributed by atoms with E-state index in [9.17, 15) is 14.4 Å². The van der Waals surface area contributed by atoms with Gasteiger partial charge in [-0.1, -0.05) is 13.3 Å². The average Bonchev–Trinajstić information content (AvgIpc) is 3.36. The van der Waals surface area contributed by atoms with Gasteiger partial charge in [-0.3, -0.25) is 0 Å². The molecule has 4 bridgehead atoms. The normalized spacial score (nSPS) is 44.4. The Morgan fingerprint density at radius 2 is 1.78 bits per heavy atom. The zero-order chi connectivity index (χ0) is 22.8. The van der Waals surface area contributed by atoms with E-state index in [0.717, 1.165) is 18.8 Å². The van der Waals surface area contributed by atoms with Gasteiger partial charge in [0, 0.05) is 0 Å². The molecule has 10 heteroatoms. The Labute approximate surface area is 198 Å². The van der Waals surface area contributed by atoms with Gasteiger partial charge in [-0.2, -0.15) is 0 Å². The van der Waals surface area contributed by atoms with Gasteiger partial charge >= 0.3 is 179 Å². The fourth-order valence-electron chi connectivity index (χ4n) is 7.32. The summed E-state index contributed by atoms with van der Waals surface area (Å²) in [6, 6.07) is 0. The summed E-state index contributed by atoms with van der Waals surface area (Å²) in [6.07, 6.45) is 5.80. The van der Waals surface area contributed by atoms with Crippen LogP contribution in [-0.4, -0.2) is 43.3 Å². The van der Waals surface area contributed by atoms with Crippen molar-refractivity contribution in [1.29, 1.82) is 0 Å². The number of ether oxygens (including phenoxy) is 3. The topological polar surface area (TPSA) is 154 Å². The molecule has 1 aliphatic heterocycles. The molecule has 0 aromatic carbocycles. The van der Waals surface area contributed by atoms with Crippen LogP contribution in [0.15, 0.2) is 0 Å². The molecule has 8 unspecified atom stereocenters. The van der Waals surface area contributed by atoms with Crippen LogP contribution in [0, 0.1) is 41.4 Å². The number of hydrogen-bond donors (Lipinski definition) is 2. The van der Waals surface area contributed by atoms with Gasteiger partial charge in [-0.25, -0.2) is 0 Å². The number of esters is 3. The molecular weight excluding hydrogens is 531 g/mol. The van der Waals surface area contributed by atoms with Crippen molar-refractivity contribution in [2.24, 2.45) is 52.9 Å². The minimum absolute atomic E-state index is 0.105. The minimum atomic E-state index is -1.82. The van der Waals surface area contributed by atoms with Gasteiger partial charge in [0.25, 0.3) is 0 Å². The van der Waals surface area contributed by atoms with Gasteiger partial charge in [-0.15, -0.1) is 0 Å². The summed E-state index contributed by atoms with van der Waals surface area (Å²) >= 11 is -1.54. The summed E-state index contributed by atoms with van der Waals surface area (Å²) in [5.74, 6) is -1.33. The van der Waals surface area contributed by atoms with E-state index in [1.54, 1.807) is 0 Å². The molecule has 4 saturated carbocycles. The predicted molar refractivity (Wildman–Crippen MR) is 107 cm³/mol. The Balaban J connectivity index is 1.28. The second-order valence-corrected chi connectivity index (χ2v) is 12.8. The van der Waals surface area contributed by atoms with Crippen molar-refractivity contribution < 1.29 is 53.7 Å². The third kappa shape index (κ3) is 3.74. The first kappa shape index (κ1) is 22.8. The summed E-state index contributed by atoms with van der Waals surface area (Å²) in [7, 11) is 0. The molecule has 1 heterocycles. The molecule has 0 radical (unpaired) electrons. The number of rotatable bonds is 6. The van der Waals surface area contributed by atoms with Crippen LogP contribution in [0.2, 0.25) is 0 Å². The molecule has 5 aliphatic rings. The van der Waals surface area contributed by atoms with Crippen molar-refractivity contribution in [3.63, 3.8) is 0 Å². The van der Waals surface area contributed by atoms with E-state index in [0.29, 0.717) is 18.3 Å². The first-order chi connectivity index (χ1) is 15.2. The molecule has 1 saturated heterocycles. The van der Waals surface area contributed by atoms with Gasteiger partial charge in [0.05, 0.1) is 0 Å². The summed E-state index contributed by atoms with van der Waals surface area (Å²) in [5, 5.41) is 0.